The van der Waals surface area contributed by atoms with Crippen molar-refractivity contribution in [3.63, 3.8) is 0 Å². The molecule has 2 unspecified atom stereocenters. The van der Waals surface area contributed by atoms with E-state index in [-0.39, 0.29) is 13.0 Å². The molecule has 0 rings (SSSR count). The predicted molar refractivity (Wildman–Crippen MR) is 80.2 cm³/mol. The van der Waals surface area contributed by atoms with E-state index in [0.29, 0.717) is 12.8 Å². The van der Waals surface area contributed by atoms with Crippen LogP contribution in [0, 0.1) is 5.92 Å². The summed E-state index contributed by atoms with van der Waals surface area (Å²) < 4.78 is 0. The highest BCUT2D eigenvalue weighted by Crippen LogP contribution is 2.14. The van der Waals surface area contributed by atoms with E-state index in [1.54, 1.807) is 0 Å². The molecule has 0 heterocycles. The number of hydrogen-bond acceptors (Lipinski definition) is 8. The van der Waals surface area contributed by atoms with Gasteiger partial charge in [0, 0.05) is 12.5 Å². The summed E-state index contributed by atoms with van der Waals surface area (Å²) in [5.74, 6) is -1.01. The van der Waals surface area contributed by atoms with Crippen molar-refractivity contribution < 1.29 is 40.5 Å². The minimum atomic E-state index is -1.76. The standard InChI is InChI=1S/C14H29NO8/c1-2-3-8(4-9(18)6-16)14(23)15-5-10(19)12(21)13(22)11(20)7-17/h8-13,16-22H,2-7H2,1H3,(H,15,23)/t8?,9?,10-,11+,12+,13+/m0/s1. The molecular weight excluding hydrogens is 310 g/mol. The van der Waals surface area contributed by atoms with E-state index in [0.717, 1.165) is 0 Å². The lowest BCUT2D eigenvalue weighted by Gasteiger charge is -2.26. The molecule has 6 atom stereocenters. The van der Waals surface area contributed by atoms with Gasteiger partial charge in [-0.2, -0.15) is 0 Å². The fraction of sp³-hybridized carbons (Fsp3) is 0.929. The largest absolute Gasteiger partial charge is 0.394 e. The highest BCUT2D eigenvalue weighted by atomic mass is 16.4. The number of hydrogen-bond donors (Lipinski definition) is 8. The summed E-state index contributed by atoms with van der Waals surface area (Å²) in [5.41, 5.74) is 0. The summed E-state index contributed by atoms with van der Waals surface area (Å²) in [6.07, 6.45) is -6.44. The molecule has 9 heteroatoms. The minimum Gasteiger partial charge on any atom is -0.394 e. The molecule has 0 spiro atoms. The molecule has 0 fully saturated rings. The Bertz CT molecular complexity index is 330. The highest BCUT2D eigenvalue weighted by Gasteiger charge is 2.30. The van der Waals surface area contributed by atoms with Crippen molar-refractivity contribution in [3.8, 4) is 0 Å². The SMILES string of the molecule is CCCC(CC(O)CO)C(=O)NC[C@H](O)[C@@H](O)[C@H](O)[C@H](O)CO. The van der Waals surface area contributed by atoms with Crippen molar-refractivity contribution in [2.45, 2.75) is 56.7 Å². The molecule has 9 nitrogen and oxygen atoms in total. The topological polar surface area (TPSA) is 171 Å². The van der Waals surface area contributed by atoms with Gasteiger partial charge in [0.15, 0.2) is 0 Å². The third kappa shape index (κ3) is 8.02. The predicted octanol–water partition coefficient (Wildman–Crippen LogP) is -3.30. The summed E-state index contributed by atoms with van der Waals surface area (Å²) in [6.45, 7) is 0.247. The molecule has 0 radical (unpaired) electrons. The number of carbonyl (C=O) groups is 1. The van der Waals surface area contributed by atoms with Gasteiger partial charge in [0.1, 0.15) is 18.3 Å². The summed E-state index contributed by atoms with van der Waals surface area (Å²) in [5, 5.41) is 67.3. The van der Waals surface area contributed by atoms with Crippen molar-refractivity contribution in [3.05, 3.63) is 0 Å². The molecule has 0 aromatic heterocycles. The second-order valence-corrected chi connectivity index (χ2v) is 5.60. The molecule has 0 saturated carbocycles. The first-order chi connectivity index (χ1) is 10.8. The summed E-state index contributed by atoms with van der Waals surface area (Å²) >= 11 is 0. The van der Waals surface area contributed by atoms with Crippen LogP contribution in [0.2, 0.25) is 0 Å². The zero-order chi connectivity index (χ0) is 18.0. The van der Waals surface area contributed by atoms with Crippen LogP contribution in [0.15, 0.2) is 0 Å². The van der Waals surface area contributed by atoms with Gasteiger partial charge in [0.2, 0.25) is 5.91 Å². The third-order valence-electron chi connectivity index (χ3n) is 3.59. The van der Waals surface area contributed by atoms with E-state index >= 15 is 0 Å². The molecule has 0 bridgehead atoms. The lowest BCUT2D eigenvalue weighted by molar-refractivity contribution is -0.130. The Labute approximate surface area is 135 Å². The van der Waals surface area contributed by atoms with E-state index in [9.17, 15) is 30.3 Å². The Morgan fingerprint density at radius 2 is 1.52 bits per heavy atom. The van der Waals surface area contributed by atoms with Crippen molar-refractivity contribution in [2.24, 2.45) is 5.92 Å². The fourth-order valence-corrected chi connectivity index (χ4v) is 2.14. The van der Waals surface area contributed by atoms with Gasteiger partial charge >= 0.3 is 0 Å². The molecule has 8 N–H and O–H groups in total. The molecule has 0 saturated heterocycles. The van der Waals surface area contributed by atoms with Crippen LogP contribution in [-0.4, -0.2) is 91.9 Å². The number of nitrogens with one attached hydrogen (secondary N) is 1. The Kier molecular flexibility index (Phi) is 11.3. The van der Waals surface area contributed by atoms with Crippen molar-refractivity contribution in [2.75, 3.05) is 19.8 Å². The Morgan fingerprint density at radius 1 is 0.957 bits per heavy atom. The number of aliphatic hydroxyl groups excluding tert-OH is 7. The van der Waals surface area contributed by atoms with Crippen LogP contribution >= 0.6 is 0 Å². The molecular formula is C14H29NO8. The molecule has 0 aliphatic rings. The van der Waals surface area contributed by atoms with Crippen LogP contribution in [0.1, 0.15) is 26.2 Å². The maximum atomic E-state index is 12.0. The monoisotopic (exact) mass is 339 g/mol. The smallest absolute Gasteiger partial charge is 0.223 e. The molecule has 0 aromatic carbocycles. The van der Waals surface area contributed by atoms with Gasteiger partial charge < -0.3 is 41.1 Å². The summed E-state index contributed by atoms with van der Waals surface area (Å²) in [6, 6.07) is 0. The fourth-order valence-electron chi connectivity index (χ4n) is 2.14. The molecule has 0 aliphatic carbocycles. The Balaban J connectivity index is 4.47. The van der Waals surface area contributed by atoms with Gasteiger partial charge in [-0.3, -0.25) is 4.79 Å². The maximum absolute atomic E-state index is 12.0. The third-order valence-corrected chi connectivity index (χ3v) is 3.59. The number of amides is 1. The normalized spacial score (nSPS) is 19.5. The van der Waals surface area contributed by atoms with E-state index in [4.69, 9.17) is 10.2 Å². The average Bonchev–Trinajstić information content (AvgIpc) is 2.56. The number of rotatable bonds is 12. The lowest BCUT2D eigenvalue weighted by Crippen LogP contribution is -2.50. The average molecular weight is 339 g/mol. The van der Waals surface area contributed by atoms with Gasteiger partial charge in [-0.05, 0) is 12.8 Å². The Morgan fingerprint density at radius 3 is 2.00 bits per heavy atom. The molecule has 1 amide bonds. The van der Waals surface area contributed by atoms with Gasteiger partial charge in [0.25, 0.3) is 0 Å². The van der Waals surface area contributed by atoms with Crippen molar-refractivity contribution >= 4 is 5.91 Å². The van der Waals surface area contributed by atoms with Gasteiger partial charge in [-0.1, -0.05) is 13.3 Å². The summed E-state index contributed by atoms with van der Waals surface area (Å²) in [7, 11) is 0. The lowest BCUT2D eigenvalue weighted by atomic mass is 9.95. The van der Waals surface area contributed by atoms with E-state index in [2.05, 4.69) is 5.32 Å². The zero-order valence-electron chi connectivity index (χ0n) is 13.2. The maximum Gasteiger partial charge on any atom is 0.223 e. The highest BCUT2D eigenvalue weighted by molar-refractivity contribution is 5.78. The molecule has 138 valence electrons. The van der Waals surface area contributed by atoms with Crippen molar-refractivity contribution in [1.82, 2.24) is 5.32 Å². The van der Waals surface area contributed by atoms with E-state index in [1.165, 1.54) is 0 Å². The van der Waals surface area contributed by atoms with Gasteiger partial charge in [-0.25, -0.2) is 0 Å². The number of carbonyl (C=O) groups excluding carboxylic acids is 1. The van der Waals surface area contributed by atoms with Gasteiger partial charge in [-0.15, -0.1) is 0 Å². The van der Waals surface area contributed by atoms with Crippen LogP contribution < -0.4 is 5.32 Å². The van der Waals surface area contributed by atoms with Crippen LogP contribution in [0.25, 0.3) is 0 Å². The first kappa shape index (κ1) is 22.2. The first-order valence-corrected chi connectivity index (χ1v) is 7.68. The van der Waals surface area contributed by atoms with E-state index in [1.807, 2.05) is 6.92 Å². The van der Waals surface area contributed by atoms with Crippen molar-refractivity contribution in [1.29, 1.82) is 0 Å². The van der Waals surface area contributed by atoms with Crippen LogP contribution in [-0.2, 0) is 4.79 Å². The first-order valence-electron chi connectivity index (χ1n) is 7.68. The Hall–Kier alpha value is -0.810. The summed E-state index contributed by atoms with van der Waals surface area (Å²) in [4.78, 5) is 12.0. The second kappa shape index (κ2) is 11.7. The minimum absolute atomic E-state index is 0.0701. The van der Waals surface area contributed by atoms with Crippen LogP contribution in [0.4, 0.5) is 0 Å². The molecule has 0 aromatic rings. The van der Waals surface area contributed by atoms with Crippen LogP contribution in [0.3, 0.4) is 0 Å². The van der Waals surface area contributed by atoms with E-state index < -0.39 is 55.6 Å². The zero-order valence-corrected chi connectivity index (χ0v) is 13.2. The molecule has 23 heavy (non-hydrogen) atoms. The molecule has 0 aliphatic heterocycles. The van der Waals surface area contributed by atoms with Crippen LogP contribution in [0.5, 0.6) is 0 Å². The quantitative estimate of drug-likeness (QED) is 0.183. The second-order valence-electron chi connectivity index (χ2n) is 5.60. The van der Waals surface area contributed by atoms with Gasteiger partial charge in [0.05, 0.1) is 25.4 Å². The number of aliphatic hydroxyl groups is 7.